The first-order valence-electron chi connectivity index (χ1n) is 5.22. The van der Waals surface area contributed by atoms with E-state index in [2.05, 4.69) is 56.3 Å². The van der Waals surface area contributed by atoms with Gasteiger partial charge in [-0.1, -0.05) is 34.1 Å². The predicted octanol–water partition coefficient (Wildman–Crippen LogP) is 3.02. The number of rotatable bonds is 4. The standard InChI is InChI=1S/C12H14BrN3/c1-9(11-4-2-3-5-12(11)13)15-7-10-6-14-8-16-10/h2-6,8-9,15H,7H2,1H3,(H,14,16)/t9-/m1/s1. The number of H-pyrrole nitrogens is 1. The van der Waals surface area contributed by atoms with E-state index >= 15 is 0 Å². The zero-order chi connectivity index (χ0) is 11.4. The Kier molecular flexibility index (Phi) is 3.74. The molecule has 0 saturated heterocycles. The van der Waals surface area contributed by atoms with Crippen LogP contribution in [0, 0.1) is 0 Å². The highest BCUT2D eigenvalue weighted by Crippen LogP contribution is 2.22. The Hall–Kier alpha value is -1.13. The van der Waals surface area contributed by atoms with Gasteiger partial charge in [0.25, 0.3) is 0 Å². The van der Waals surface area contributed by atoms with Gasteiger partial charge in [-0.3, -0.25) is 0 Å². The summed E-state index contributed by atoms with van der Waals surface area (Å²) in [5.41, 5.74) is 2.36. The van der Waals surface area contributed by atoms with E-state index in [1.54, 1.807) is 6.33 Å². The van der Waals surface area contributed by atoms with Crippen molar-refractivity contribution in [3.05, 3.63) is 52.5 Å². The van der Waals surface area contributed by atoms with Crippen molar-refractivity contribution >= 4 is 15.9 Å². The van der Waals surface area contributed by atoms with Crippen LogP contribution in [0.25, 0.3) is 0 Å². The van der Waals surface area contributed by atoms with E-state index in [0.717, 1.165) is 16.7 Å². The van der Waals surface area contributed by atoms with Crippen LogP contribution < -0.4 is 5.32 Å². The molecule has 84 valence electrons. The lowest BCUT2D eigenvalue weighted by Gasteiger charge is -2.15. The van der Waals surface area contributed by atoms with E-state index in [1.165, 1.54) is 5.56 Å². The van der Waals surface area contributed by atoms with Crippen molar-refractivity contribution in [2.45, 2.75) is 19.5 Å². The van der Waals surface area contributed by atoms with Gasteiger partial charge in [0.2, 0.25) is 0 Å². The van der Waals surface area contributed by atoms with E-state index < -0.39 is 0 Å². The third-order valence-electron chi connectivity index (χ3n) is 2.53. The highest BCUT2D eigenvalue weighted by molar-refractivity contribution is 9.10. The lowest BCUT2D eigenvalue weighted by Crippen LogP contribution is -2.18. The summed E-state index contributed by atoms with van der Waals surface area (Å²) in [6.07, 6.45) is 3.53. The number of hydrogen-bond acceptors (Lipinski definition) is 2. The monoisotopic (exact) mass is 279 g/mol. The summed E-state index contributed by atoms with van der Waals surface area (Å²) < 4.78 is 1.14. The van der Waals surface area contributed by atoms with Crippen molar-refractivity contribution in [1.29, 1.82) is 0 Å². The minimum atomic E-state index is 0.305. The van der Waals surface area contributed by atoms with Crippen LogP contribution in [-0.2, 0) is 6.54 Å². The highest BCUT2D eigenvalue weighted by Gasteiger charge is 2.07. The summed E-state index contributed by atoms with van der Waals surface area (Å²) in [6, 6.07) is 8.56. The van der Waals surface area contributed by atoms with Crippen LogP contribution >= 0.6 is 15.9 Å². The molecule has 1 aromatic heterocycles. The summed E-state index contributed by atoms with van der Waals surface area (Å²) in [5, 5.41) is 3.44. The van der Waals surface area contributed by atoms with Gasteiger partial charge in [0.1, 0.15) is 0 Å². The van der Waals surface area contributed by atoms with Crippen molar-refractivity contribution < 1.29 is 0 Å². The Morgan fingerprint density at radius 2 is 2.25 bits per heavy atom. The van der Waals surface area contributed by atoms with Gasteiger partial charge in [-0.25, -0.2) is 4.98 Å². The van der Waals surface area contributed by atoms with Crippen LogP contribution in [-0.4, -0.2) is 9.97 Å². The summed E-state index contributed by atoms with van der Waals surface area (Å²) in [6.45, 7) is 2.94. The number of nitrogens with zero attached hydrogens (tertiary/aromatic N) is 1. The lowest BCUT2D eigenvalue weighted by atomic mass is 10.1. The highest BCUT2D eigenvalue weighted by atomic mass is 79.9. The van der Waals surface area contributed by atoms with Crippen LogP contribution in [0.3, 0.4) is 0 Å². The van der Waals surface area contributed by atoms with Gasteiger partial charge in [-0.15, -0.1) is 0 Å². The Morgan fingerprint density at radius 3 is 2.94 bits per heavy atom. The molecule has 0 radical (unpaired) electrons. The third kappa shape index (κ3) is 2.71. The van der Waals surface area contributed by atoms with Gasteiger partial charge in [0.15, 0.2) is 0 Å². The Balaban J connectivity index is 1.98. The Labute approximate surface area is 103 Å². The second-order valence-corrected chi connectivity index (χ2v) is 4.56. The summed E-state index contributed by atoms with van der Waals surface area (Å²) in [5.74, 6) is 0. The lowest BCUT2D eigenvalue weighted by molar-refractivity contribution is 0.567. The fourth-order valence-corrected chi connectivity index (χ4v) is 2.21. The van der Waals surface area contributed by atoms with Crippen LogP contribution in [0.4, 0.5) is 0 Å². The van der Waals surface area contributed by atoms with Gasteiger partial charge in [0, 0.05) is 29.0 Å². The summed E-state index contributed by atoms with van der Waals surface area (Å²) in [4.78, 5) is 7.06. The molecule has 0 spiro atoms. The normalized spacial score (nSPS) is 12.6. The topological polar surface area (TPSA) is 40.7 Å². The van der Waals surface area contributed by atoms with Gasteiger partial charge in [-0.05, 0) is 18.6 Å². The zero-order valence-corrected chi connectivity index (χ0v) is 10.7. The molecule has 4 heteroatoms. The number of halogens is 1. The fraction of sp³-hybridized carbons (Fsp3) is 0.250. The molecule has 0 aliphatic carbocycles. The fourth-order valence-electron chi connectivity index (χ4n) is 1.58. The maximum Gasteiger partial charge on any atom is 0.0922 e. The van der Waals surface area contributed by atoms with Gasteiger partial charge in [0.05, 0.1) is 6.33 Å². The van der Waals surface area contributed by atoms with Crippen molar-refractivity contribution in [3.8, 4) is 0 Å². The Bertz CT molecular complexity index is 439. The van der Waals surface area contributed by atoms with Crippen LogP contribution in [0.5, 0.6) is 0 Å². The number of benzene rings is 1. The molecule has 2 N–H and O–H groups in total. The molecular formula is C12H14BrN3. The molecule has 3 nitrogen and oxygen atoms in total. The molecule has 0 aliphatic heterocycles. The third-order valence-corrected chi connectivity index (χ3v) is 3.25. The first-order valence-corrected chi connectivity index (χ1v) is 6.01. The maximum atomic E-state index is 3.99. The number of aromatic amines is 1. The SMILES string of the molecule is C[C@@H](NCc1cnc[nH]1)c1ccccc1Br. The van der Waals surface area contributed by atoms with E-state index in [-0.39, 0.29) is 0 Å². The van der Waals surface area contributed by atoms with Crippen molar-refractivity contribution in [2.24, 2.45) is 0 Å². The molecule has 0 aliphatic rings. The molecule has 2 aromatic rings. The second-order valence-electron chi connectivity index (χ2n) is 3.70. The van der Waals surface area contributed by atoms with E-state index in [1.807, 2.05) is 12.3 Å². The van der Waals surface area contributed by atoms with Crippen LogP contribution in [0.2, 0.25) is 0 Å². The van der Waals surface area contributed by atoms with Crippen LogP contribution in [0.15, 0.2) is 41.3 Å². The largest absolute Gasteiger partial charge is 0.347 e. The Morgan fingerprint density at radius 1 is 1.44 bits per heavy atom. The maximum absolute atomic E-state index is 3.99. The molecule has 1 atom stereocenters. The van der Waals surface area contributed by atoms with E-state index in [9.17, 15) is 0 Å². The molecule has 16 heavy (non-hydrogen) atoms. The number of nitrogens with one attached hydrogen (secondary N) is 2. The van der Waals surface area contributed by atoms with Crippen molar-refractivity contribution in [1.82, 2.24) is 15.3 Å². The first kappa shape index (κ1) is 11.4. The number of imidazole rings is 1. The first-order chi connectivity index (χ1) is 7.77. The average molecular weight is 280 g/mol. The zero-order valence-electron chi connectivity index (χ0n) is 9.07. The minimum Gasteiger partial charge on any atom is -0.347 e. The predicted molar refractivity (Wildman–Crippen MR) is 68.0 cm³/mol. The molecule has 0 saturated carbocycles. The molecule has 1 heterocycles. The number of aromatic nitrogens is 2. The molecule has 2 rings (SSSR count). The molecular weight excluding hydrogens is 266 g/mol. The van der Waals surface area contributed by atoms with Crippen molar-refractivity contribution in [3.63, 3.8) is 0 Å². The van der Waals surface area contributed by atoms with Crippen molar-refractivity contribution in [2.75, 3.05) is 0 Å². The minimum absolute atomic E-state index is 0.305. The molecule has 0 unspecified atom stereocenters. The quantitative estimate of drug-likeness (QED) is 0.903. The summed E-state index contributed by atoms with van der Waals surface area (Å²) in [7, 11) is 0. The molecule has 0 amide bonds. The average Bonchev–Trinajstić information content (AvgIpc) is 2.79. The van der Waals surface area contributed by atoms with E-state index in [0.29, 0.717) is 6.04 Å². The van der Waals surface area contributed by atoms with Gasteiger partial charge < -0.3 is 10.3 Å². The van der Waals surface area contributed by atoms with Crippen LogP contribution in [0.1, 0.15) is 24.2 Å². The molecule has 1 aromatic carbocycles. The van der Waals surface area contributed by atoms with Gasteiger partial charge in [-0.2, -0.15) is 0 Å². The van der Waals surface area contributed by atoms with Gasteiger partial charge >= 0.3 is 0 Å². The molecule has 0 bridgehead atoms. The number of hydrogen-bond donors (Lipinski definition) is 2. The van der Waals surface area contributed by atoms with E-state index in [4.69, 9.17) is 0 Å². The molecule has 0 fully saturated rings. The summed E-state index contributed by atoms with van der Waals surface area (Å²) >= 11 is 3.56. The second kappa shape index (κ2) is 5.27. The smallest absolute Gasteiger partial charge is 0.0922 e.